The summed E-state index contributed by atoms with van der Waals surface area (Å²) in [5.74, 6) is -1.70. The summed E-state index contributed by atoms with van der Waals surface area (Å²) in [6, 6.07) is 9.44. The van der Waals surface area contributed by atoms with E-state index < -0.39 is 22.0 Å². The number of amides is 1. The molecule has 0 bridgehead atoms. The lowest BCUT2D eigenvalue weighted by Crippen LogP contribution is -2.27. The highest BCUT2D eigenvalue weighted by Crippen LogP contribution is 2.22. The molecule has 9 nitrogen and oxygen atoms in total. The molecular formula is C21H22N2O7S. The average Bonchev–Trinajstić information content (AvgIpc) is 3.32. The van der Waals surface area contributed by atoms with Crippen molar-refractivity contribution in [1.29, 1.82) is 0 Å². The number of sulfonamides is 1. The fraction of sp³-hybridized carbons (Fsp3) is 0.286. The number of nitrogens with zero attached hydrogens (tertiary/aromatic N) is 1. The van der Waals surface area contributed by atoms with Crippen molar-refractivity contribution in [3.05, 3.63) is 59.2 Å². The second kappa shape index (κ2) is 9.17. The van der Waals surface area contributed by atoms with Crippen molar-refractivity contribution in [2.75, 3.05) is 32.0 Å². The predicted molar refractivity (Wildman–Crippen MR) is 112 cm³/mol. The summed E-state index contributed by atoms with van der Waals surface area (Å²) < 4.78 is 37.4. The van der Waals surface area contributed by atoms with Gasteiger partial charge in [-0.25, -0.2) is 18.0 Å². The quantitative estimate of drug-likeness (QED) is 0.676. The Labute approximate surface area is 180 Å². The number of esters is 2. The molecule has 1 saturated heterocycles. The molecule has 0 aromatic heterocycles. The largest absolute Gasteiger partial charge is 0.465 e. The second-order valence-electron chi connectivity index (χ2n) is 6.91. The van der Waals surface area contributed by atoms with Crippen LogP contribution >= 0.6 is 0 Å². The lowest BCUT2D eigenvalue weighted by atomic mass is 10.1. The lowest BCUT2D eigenvalue weighted by Gasteiger charge is -2.15. The highest BCUT2D eigenvalue weighted by molar-refractivity contribution is 7.92. The van der Waals surface area contributed by atoms with Gasteiger partial charge in [-0.3, -0.25) is 9.52 Å². The third-order valence-electron chi connectivity index (χ3n) is 4.84. The van der Waals surface area contributed by atoms with E-state index in [0.29, 0.717) is 18.7 Å². The number of nitrogens with one attached hydrogen (secondary N) is 1. The van der Waals surface area contributed by atoms with Crippen LogP contribution in [0.4, 0.5) is 5.69 Å². The van der Waals surface area contributed by atoms with Crippen molar-refractivity contribution in [3.63, 3.8) is 0 Å². The molecule has 2 aromatic carbocycles. The van der Waals surface area contributed by atoms with E-state index in [9.17, 15) is 22.8 Å². The maximum atomic E-state index is 12.9. The molecule has 31 heavy (non-hydrogen) atoms. The van der Waals surface area contributed by atoms with E-state index in [1.165, 1.54) is 18.2 Å². The number of carbonyl (C=O) groups excluding carboxylic acids is 3. The molecule has 10 heteroatoms. The topological polar surface area (TPSA) is 119 Å². The fourth-order valence-electron chi connectivity index (χ4n) is 3.22. The van der Waals surface area contributed by atoms with E-state index in [1.807, 2.05) is 0 Å². The number of hydrogen-bond donors (Lipinski definition) is 1. The molecule has 1 amide bonds. The number of ether oxygens (including phenoxy) is 2. The summed E-state index contributed by atoms with van der Waals surface area (Å²) in [6.07, 6.45) is 1.95. The second-order valence-corrected chi connectivity index (χ2v) is 8.59. The molecule has 1 heterocycles. The molecule has 0 saturated carbocycles. The van der Waals surface area contributed by atoms with Crippen molar-refractivity contribution in [3.8, 4) is 0 Å². The minimum Gasteiger partial charge on any atom is -0.465 e. The molecule has 1 N–H and O–H groups in total. The molecule has 3 rings (SSSR count). The Kier molecular flexibility index (Phi) is 6.59. The van der Waals surface area contributed by atoms with Crippen molar-refractivity contribution in [1.82, 2.24) is 4.90 Å². The Balaban J connectivity index is 1.86. The first-order chi connectivity index (χ1) is 14.7. The van der Waals surface area contributed by atoms with Crippen molar-refractivity contribution >= 4 is 33.6 Å². The first-order valence-corrected chi connectivity index (χ1v) is 11.0. The smallest absolute Gasteiger partial charge is 0.337 e. The van der Waals surface area contributed by atoms with Gasteiger partial charge >= 0.3 is 11.9 Å². The number of anilines is 1. The van der Waals surface area contributed by atoms with Crippen LogP contribution in [-0.4, -0.2) is 58.5 Å². The molecule has 0 atom stereocenters. The minimum absolute atomic E-state index is 0.0968. The summed E-state index contributed by atoms with van der Waals surface area (Å²) in [5, 5.41) is 0. The van der Waals surface area contributed by atoms with E-state index in [1.54, 1.807) is 17.0 Å². The third kappa shape index (κ3) is 5.02. The van der Waals surface area contributed by atoms with Crippen LogP contribution in [0.15, 0.2) is 47.4 Å². The molecule has 1 aliphatic rings. The number of benzene rings is 2. The Morgan fingerprint density at radius 1 is 0.839 bits per heavy atom. The zero-order chi connectivity index (χ0) is 22.6. The SMILES string of the molecule is COC(=O)c1cc(C(=O)OC)cc(S(=O)(=O)Nc2ccc(C(=O)N3CCCC3)cc2)c1. The van der Waals surface area contributed by atoms with Gasteiger partial charge in [0.1, 0.15) is 0 Å². The molecule has 0 spiro atoms. The van der Waals surface area contributed by atoms with Gasteiger partial charge < -0.3 is 14.4 Å². The highest BCUT2D eigenvalue weighted by atomic mass is 32.2. The summed E-state index contributed by atoms with van der Waals surface area (Å²) in [5.41, 5.74) is 0.459. The molecular weight excluding hydrogens is 424 g/mol. The number of rotatable bonds is 6. The van der Waals surface area contributed by atoms with Gasteiger partial charge in [0.2, 0.25) is 0 Å². The third-order valence-corrected chi connectivity index (χ3v) is 6.20. The van der Waals surface area contributed by atoms with Crippen LogP contribution in [0.5, 0.6) is 0 Å². The van der Waals surface area contributed by atoms with Crippen LogP contribution in [0.3, 0.4) is 0 Å². The van der Waals surface area contributed by atoms with Gasteiger partial charge in [-0.05, 0) is 55.3 Å². The van der Waals surface area contributed by atoms with Gasteiger partial charge in [0.15, 0.2) is 0 Å². The average molecular weight is 446 g/mol. The number of hydrogen-bond acceptors (Lipinski definition) is 7. The number of methoxy groups -OCH3 is 2. The Morgan fingerprint density at radius 3 is 1.84 bits per heavy atom. The zero-order valence-corrected chi connectivity index (χ0v) is 17.9. The van der Waals surface area contributed by atoms with Gasteiger partial charge in [-0.1, -0.05) is 0 Å². The van der Waals surface area contributed by atoms with Crippen molar-refractivity contribution < 1.29 is 32.3 Å². The van der Waals surface area contributed by atoms with Gasteiger partial charge in [0.05, 0.1) is 30.2 Å². The van der Waals surface area contributed by atoms with E-state index >= 15 is 0 Å². The van der Waals surface area contributed by atoms with Crippen molar-refractivity contribution in [2.45, 2.75) is 17.7 Å². The van der Waals surface area contributed by atoms with Gasteiger partial charge in [0, 0.05) is 24.3 Å². The fourth-order valence-corrected chi connectivity index (χ4v) is 4.35. The van der Waals surface area contributed by atoms with Crippen LogP contribution in [-0.2, 0) is 19.5 Å². The summed E-state index contributed by atoms with van der Waals surface area (Å²) in [4.78, 5) is 37.7. The van der Waals surface area contributed by atoms with Gasteiger partial charge in [0.25, 0.3) is 15.9 Å². The summed E-state index contributed by atoms with van der Waals surface area (Å²) in [6.45, 7) is 1.43. The first kappa shape index (κ1) is 22.3. The molecule has 0 unspecified atom stereocenters. The molecule has 0 radical (unpaired) electrons. The predicted octanol–water partition coefficient (Wildman–Crippen LogP) is 2.30. The van der Waals surface area contributed by atoms with E-state index in [4.69, 9.17) is 0 Å². The molecule has 0 aliphatic carbocycles. The van der Waals surface area contributed by atoms with E-state index in [-0.39, 0.29) is 27.6 Å². The number of likely N-dealkylation sites (tertiary alicyclic amines) is 1. The van der Waals surface area contributed by atoms with Crippen LogP contribution < -0.4 is 4.72 Å². The lowest BCUT2D eigenvalue weighted by molar-refractivity contribution is 0.0598. The Morgan fingerprint density at radius 2 is 1.35 bits per heavy atom. The van der Waals surface area contributed by atoms with E-state index in [0.717, 1.165) is 39.2 Å². The van der Waals surface area contributed by atoms with Crippen LogP contribution in [0.25, 0.3) is 0 Å². The number of carbonyl (C=O) groups is 3. The first-order valence-electron chi connectivity index (χ1n) is 9.49. The normalized spacial score (nSPS) is 13.5. The molecule has 2 aromatic rings. The molecule has 1 fully saturated rings. The summed E-state index contributed by atoms with van der Waals surface area (Å²) in [7, 11) is -1.86. The Hall–Kier alpha value is -3.40. The zero-order valence-electron chi connectivity index (χ0n) is 17.1. The van der Waals surface area contributed by atoms with E-state index in [2.05, 4.69) is 14.2 Å². The van der Waals surface area contributed by atoms with Crippen molar-refractivity contribution in [2.24, 2.45) is 0 Å². The van der Waals surface area contributed by atoms with Gasteiger partial charge in [-0.2, -0.15) is 0 Å². The standard InChI is InChI=1S/C21H22N2O7S/c1-29-20(25)15-11-16(21(26)30-2)13-18(12-15)31(27,28)22-17-7-5-14(6-8-17)19(24)23-9-3-4-10-23/h5-8,11-13,22H,3-4,9-10H2,1-2H3. The van der Waals surface area contributed by atoms with Crippen LogP contribution in [0, 0.1) is 0 Å². The maximum Gasteiger partial charge on any atom is 0.337 e. The monoisotopic (exact) mass is 446 g/mol. The van der Waals surface area contributed by atoms with Crippen LogP contribution in [0.1, 0.15) is 43.9 Å². The molecule has 1 aliphatic heterocycles. The van der Waals surface area contributed by atoms with Gasteiger partial charge in [-0.15, -0.1) is 0 Å². The van der Waals surface area contributed by atoms with Crippen LogP contribution in [0.2, 0.25) is 0 Å². The Bertz CT molecular complexity index is 1070. The molecule has 164 valence electrons. The maximum absolute atomic E-state index is 12.9. The summed E-state index contributed by atoms with van der Waals surface area (Å²) >= 11 is 0. The highest BCUT2D eigenvalue weighted by Gasteiger charge is 2.22. The minimum atomic E-state index is -4.15.